The first kappa shape index (κ1) is 15.3. The van der Waals surface area contributed by atoms with Gasteiger partial charge in [0.15, 0.2) is 0 Å². The minimum Gasteiger partial charge on any atom is -0.494 e. The Labute approximate surface area is 142 Å². The van der Waals surface area contributed by atoms with Crippen LogP contribution in [0.3, 0.4) is 0 Å². The van der Waals surface area contributed by atoms with Crippen LogP contribution in [0.4, 0.5) is 0 Å². The molecule has 0 aromatic heterocycles. The number of hydrogen-bond donors (Lipinski definition) is 0. The van der Waals surface area contributed by atoms with Crippen LogP contribution in [0.5, 0.6) is 5.75 Å². The highest BCUT2D eigenvalue weighted by Gasteiger charge is 2.29. The molecule has 4 heteroatoms. The first-order valence-corrected chi connectivity index (χ1v) is 8.66. The van der Waals surface area contributed by atoms with Gasteiger partial charge in [-0.1, -0.05) is 35.5 Å². The van der Waals surface area contributed by atoms with Crippen LogP contribution >= 0.6 is 0 Å². The normalized spacial score (nSPS) is 22.2. The Kier molecular flexibility index (Phi) is 4.07. The van der Waals surface area contributed by atoms with Crippen molar-refractivity contribution in [1.29, 1.82) is 0 Å². The minimum atomic E-state index is -0.416. The Hall–Kier alpha value is -2.20. The topological polar surface area (TPSA) is 41.9 Å². The van der Waals surface area contributed by atoms with E-state index in [-0.39, 0.29) is 0 Å². The molecule has 1 heterocycles. The van der Waals surface area contributed by atoms with Crippen molar-refractivity contribution >= 4 is 0 Å². The number of ether oxygens (including phenoxy) is 1. The van der Waals surface area contributed by atoms with E-state index in [0.29, 0.717) is 12.6 Å². The van der Waals surface area contributed by atoms with E-state index in [4.69, 9.17) is 4.74 Å². The molecule has 2 unspecified atom stereocenters. The van der Waals surface area contributed by atoms with Crippen LogP contribution in [0.1, 0.15) is 36.4 Å². The molecule has 0 saturated carbocycles. The van der Waals surface area contributed by atoms with Crippen molar-refractivity contribution in [2.24, 2.45) is 5.18 Å². The zero-order chi connectivity index (χ0) is 16.5. The molecule has 24 heavy (non-hydrogen) atoms. The average molecular weight is 322 g/mol. The molecule has 2 aliphatic rings. The summed E-state index contributed by atoms with van der Waals surface area (Å²) in [6.45, 7) is 1.90. The predicted molar refractivity (Wildman–Crippen MR) is 95.3 cm³/mol. The number of benzene rings is 2. The monoisotopic (exact) mass is 322 g/mol. The maximum atomic E-state index is 11.4. The van der Waals surface area contributed by atoms with Crippen molar-refractivity contribution in [1.82, 2.24) is 4.90 Å². The minimum absolute atomic E-state index is 0.416. The highest BCUT2D eigenvalue weighted by atomic mass is 16.5. The molecule has 1 saturated heterocycles. The number of nitrogens with zero attached hydrogens (tertiary/aromatic N) is 2. The summed E-state index contributed by atoms with van der Waals surface area (Å²) in [6.07, 6.45) is 3.59. The van der Waals surface area contributed by atoms with Crippen LogP contribution in [0.15, 0.2) is 47.6 Å². The lowest BCUT2D eigenvalue weighted by atomic mass is 10.1. The third-order valence-electron chi connectivity index (χ3n) is 5.36. The molecular weight excluding hydrogens is 300 g/mol. The van der Waals surface area contributed by atoms with E-state index in [1.807, 2.05) is 30.3 Å². The summed E-state index contributed by atoms with van der Waals surface area (Å²) in [5, 5.41) is 3.35. The van der Waals surface area contributed by atoms with Gasteiger partial charge in [-0.3, -0.25) is 0 Å². The molecule has 124 valence electrons. The second kappa shape index (κ2) is 6.36. The molecule has 0 bridgehead atoms. The molecule has 2 atom stereocenters. The molecular formula is C20H22N2O2. The van der Waals surface area contributed by atoms with Crippen LogP contribution in [0, 0.1) is 4.91 Å². The van der Waals surface area contributed by atoms with Gasteiger partial charge in [-0.05, 0) is 67.2 Å². The second-order valence-electron chi connectivity index (χ2n) is 6.76. The Bertz CT molecular complexity index is 759. The van der Waals surface area contributed by atoms with Gasteiger partial charge in [0, 0.05) is 6.04 Å². The molecule has 2 aromatic carbocycles. The summed E-state index contributed by atoms with van der Waals surface area (Å²) in [6, 6.07) is 14.2. The molecule has 0 spiro atoms. The van der Waals surface area contributed by atoms with E-state index in [2.05, 4.69) is 29.3 Å². The molecule has 0 radical (unpaired) electrons. The van der Waals surface area contributed by atoms with Gasteiger partial charge in [-0.25, -0.2) is 0 Å². The van der Waals surface area contributed by atoms with E-state index in [0.717, 1.165) is 34.4 Å². The van der Waals surface area contributed by atoms with Gasteiger partial charge in [0.25, 0.3) is 0 Å². The van der Waals surface area contributed by atoms with Gasteiger partial charge in [0.1, 0.15) is 11.8 Å². The number of nitroso groups, excluding NO2 is 1. The molecule has 0 N–H and O–H groups in total. The van der Waals surface area contributed by atoms with Gasteiger partial charge in [0.05, 0.1) is 6.61 Å². The zero-order valence-electron chi connectivity index (χ0n) is 13.9. The van der Waals surface area contributed by atoms with E-state index in [9.17, 15) is 4.91 Å². The van der Waals surface area contributed by atoms with Crippen LogP contribution < -0.4 is 4.74 Å². The number of hydrogen-bond acceptors (Lipinski definition) is 4. The standard InChI is InChI=1S/C20H22N2O2/c1-22-11-4-5-14(22)10-12-24-15-8-9-17-16-6-2-3-7-18(16)20(21-23)19(17)13-15/h2-3,6-9,13-14,20H,4-5,10-12H2,1H3. The van der Waals surface area contributed by atoms with Gasteiger partial charge in [0.2, 0.25) is 0 Å². The van der Waals surface area contributed by atoms with Crippen molar-refractivity contribution in [3.05, 3.63) is 58.5 Å². The Balaban J connectivity index is 1.50. The summed E-state index contributed by atoms with van der Waals surface area (Å²) in [7, 11) is 2.19. The van der Waals surface area contributed by atoms with Gasteiger partial charge >= 0.3 is 0 Å². The zero-order valence-corrected chi connectivity index (χ0v) is 13.9. The van der Waals surface area contributed by atoms with Crippen molar-refractivity contribution in [3.63, 3.8) is 0 Å². The largest absolute Gasteiger partial charge is 0.494 e. The molecule has 2 aromatic rings. The highest BCUT2D eigenvalue weighted by molar-refractivity contribution is 5.79. The second-order valence-corrected chi connectivity index (χ2v) is 6.76. The van der Waals surface area contributed by atoms with Crippen molar-refractivity contribution in [3.8, 4) is 16.9 Å². The van der Waals surface area contributed by atoms with Gasteiger partial charge < -0.3 is 9.64 Å². The van der Waals surface area contributed by atoms with E-state index in [1.165, 1.54) is 19.4 Å². The van der Waals surface area contributed by atoms with E-state index in [1.54, 1.807) is 0 Å². The molecule has 4 nitrogen and oxygen atoms in total. The number of fused-ring (bicyclic) bond motifs is 3. The van der Waals surface area contributed by atoms with Crippen LogP contribution in [0.2, 0.25) is 0 Å². The van der Waals surface area contributed by atoms with Gasteiger partial charge in [-0.2, -0.15) is 0 Å². The van der Waals surface area contributed by atoms with Crippen molar-refractivity contribution < 1.29 is 4.74 Å². The quantitative estimate of drug-likeness (QED) is 0.767. The Morgan fingerprint density at radius 2 is 2.00 bits per heavy atom. The fraction of sp³-hybridized carbons (Fsp3) is 0.400. The fourth-order valence-corrected chi connectivity index (χ4v) is 4.02. The summed E-state index contributed by atoms with van der Waals surface area (Å²) in [4.78, 5) is 13.8. The Morgan fingerprint density at radius 3 is 2.79 bits per heavy atom. The molecule has 1 aliphatic heterocycles. The van der Waals surface area contributed by atoms with Crippen LogP contribution in [-0.4, -0.2) is 31.1 Å². The lowest BCUT2D eigenvalue weighted by Gasteiger charge is -2.19. The molecule has 1 fully saturated rings. The Morgan fingerprint density at radius 1 is 1.17 bits per heavy atom. The smallest absolute Gasteiger partial charge is 0.143 e. The van der Waals surface area contributed by atoms with Crippen molar-refractivity contribution in [2.75, 3.05) is 20.2 Å². The third-order valence-corrected chi connectivity index (χ3v) is 5.36. The molecule has 0 amide bonds. The summed E-state index contributed by atoms with van der Waals surface area (Å²) in [5.74, 6) is 0.829. The first-order chi connectivity index (χ1) is 11.8. The van der Waals surface area contributed by atoms with Crippen LogP contribution in [-0.2, 0) is 0 Å². The van der Waals surface area contributed by atoms with Gasteiger partial charge in [-0.15, -0.1) is 4.91 Å². The summed E-state index contributed by atoms with van der Waals surface area (Å²) < 4.78 is 5.96. The SMILES string of the molecule is CN1CCCC1CCOc1ccc2c(c1)C(N=O)c1ccccc1-2. The fourth-order valence-electron chi connectivity index (χ4n) is 4.02. The number of rotatable bonds is 5. The van der Waals surface area contributed by atoms with Crippen molar-refractivity contribution in [2.45, 2.75) is 31.3 Å². The molecule has 1 aliphatic carbocycles. The molecule has 4 rings (SSSR count). The lowest BCUT2D eigenvalue weighted by Crippen LogP contribution is -2.26. The highest BCUT2D eigenvalue weighted by Crippen LogP contribution is 2.46. The lowest BCUT2D eigenvalue weighted by molar-refractivity contribution is 0.233. The predicted octanol–water partition coefficient (Wildman–Crippen LogP) is 4.39. The maximum absolute atomic E-state index is 11.4. The maximum Gasteiger partial charge on any atom is 0.143 e. The summed E-state index contributed by atoms with van der Waals surface area (Å²) in [5.41, 5.74) is 4.16. The van der Waals surface area contributed by atoms with E-state index < -0.39 is 6.04 Å². The van der Waals surface area contributed by atoms with E-state index >= 15 is 0 Å². The number of likely N-dealkylation sites (tertiary alicyclic amines) is 1. The van der Waals surface area contributed by atoms with Crippen LogP contribution in [0.25, 0.3) is 11.1 Å². The first-order valence-electron chi connectivity index (χ1n) is 8.66. The average Bonchev–Trinajstić information content (AvgIpc) is 3.15. The summed E-state index contributed by atoms with van der Waals surface area (Å²) >= 11 is 0. The third kappa shape index (κ3) is 2.61.